The van der Waals surface area contributed by atoms with E-state index in [0.29, 0.717) is 30.6 Å². The summed E-state index contributed by atoms with van der Waals surface area (Å²) in [7, 11) is 5.89. The van der Waals surface area contributed by atoms with E-state index in [1.807, 2.05) is 178 Å². The second-order valence-electron chi connectivity index (χ2n) is 13.6. The Morgan fingerprint density at radius 3 is 1.25 bits per heavy atom. The van der Waals surface area contributed by atoms with Crippen LogP contribution in [0.5, 0.6) is 0 Å². The number of aromatic nitrogens is 6. The van der Waals surface area contributed by atoms with Crippen LogP contribution >= 0.6 is 0 Å². The van der Waals surface area contributed by atoms with Gasteiger partial charge in [-0.05, 0) is 85.5 Å². The molecule has 11 nitrogen and oxygen atoms in total. The molecule has 2 N–H and O–H groups in total. The van der Waals surface area contributed by atoms with E-state index >= 15 is 0 Å². The highest BCUT2D eigenvalue weighted by molar-refractivity contribution is 5.97. The molecule has 0 saturated heterocycles. The normalized spacial score (nSPS) is 17.2. The molecule has 2 unspecified atom stereocenters. The van der Waals surface area contributed by atoms with Gasteiger partial charge in [-0.15, -0.1) is 0 Å². The summed E-state index contributed by atoms with van der Waals surface area (Å²) in [5.41, 5.74) is 5.19. The zero-order valence-corrected chi connectivity index (χ0v) is 29.1. The van der Waals surface area contributed by atoms with Crippen molar-refractivity contribution in [2.45, 2.75) is 25.7 Å². The highest BCUT2D eigenvalue weighted by Gasteiger charge is 2.39. The third-order valence-corrected chi connectivity index (χ3v) is 9.69. The number of rotatable bonds is 10. The molecule has 2 atom stereocenters. The Balaban J connectivity index is 1.06. The topological polar surface area (TPSA) is 102 Å². The Morgan fingerprint density at radius 1 is 0.549 bits per heavy atom. The number of anilines is 2. The number of benzene rings is 3. The van der Waals surface area contributed by atoms with Gasteiger partial charge >= 0.3 is 0 Å². The number of hydrogen-bond acceptors (Lipinski definition) is 3. The van der Waals surface area contributed by atoms with Crippen LogP contribution in [-0.2, 0) is 41.9 Å². The molecule has 11 heteroatoms. The lowest BCUT2D eigenvalue weighted by Crippen LogP contribution is -2.39. The molecular weight excluding hydrogens is 640 g/mol. The highest BCUT2D eigenvalue weighted by atomic mass is 16.2. The lowest BCUT2D eigenvalue weighted by Gasteiger charge is -2.33. The quantitative estimate of drug-likeness (QED) is 0.214. The summed E-state index contributed by atoms with van der Waals surface area (Å²) < 4.78 is 11.9. The smallest absolute Gasteiger partial charge is 0.248 e. The molecule has 51 heavy (non-hydrogen) atoms. The van der Waals surface area contributed by atoms with Gasteiger partial charge in [-0.1, -0.05) is 12.1 Å². The molecule has 0 radical (unpaired) electrons. The fourth-order valence-corrected chi connectivity index (χ4v) is 6.87. The number of imidazole rings is 3. The van der Waals surface area contributed by atoms with Crippen LogP contribution in [0.2, 0.25) is 0 Å². The second-order valence-corrected chi connectivity index (χ2v) is 13.6. The molecule has 0 aliphatic heterocycles. The second kappa shape index (κ2) is 14.4. The van der Waals surface area contributed by atoms with Gasteiger partial charge < -0.3 is 10.6 Å². The summed E-state index contributed by atoms with van der Waals surface area (Å²) in [6.07, 6.45) is 19.1. The number of nitrogens with one attached hydrogen (secondary N) is 2. The van der Waals surface area contributed by atoms with Crippen molar-refractivity contribution >= 4 is 29.0 Å². The number of hydrogen-bond donors (Lipinski definition) is 2. The Kier molecular flexibility index (Phi) is 9.43. The van der Waals surface area contributed by atoms with E-state index in [2.05, 4.69) is 10.6 Å². The minimum Gasteiger partial charge on any atom is -0.326 e. The van der Waals surface area contributed by atoms with Crippen molar-refractivity contribution in [3.63, 3.8) is 0 Å². The zero-order chi connectivity index (χ0) is 35.5. The van der Waals surface area contributed by atoms with Crippen LogP contribution in [0.15, 0.2) is 129 Å². The predicted molar refractivity (Wildman–Crippen MR) is 191 cm³/mol. The first-order valence-corrected chi connectivity index (χ1v) is 17.2. The molecule has 2 amide bonds. The van der Waals surface area contributed by atoms with Crippen LogP contribution in [-0.4, -0.2) is 31.3 Å². The van der Waals surface area contributed by atoms with E-state index in [1.165, 1.54) is 0 Å². The molecule has 3 heterocycles. The maximum absolute atomic E-state index is 13.8. The van der Waals surface area contributed by atoms with Gasteiger partial charge in [-0.2, -0.15) is 0 Å². The highest BCUT2D eigenvalue weighted by Crippen LogP contribution is 2.36. The summed E-state index contributed by atoms with van der Waals surface area (Å²) in [4.78, 5) is 41.4. The SMILES string of the molecule is C[n+]1ccn(-c2ccc(CC(=O)C3CC(C(=O)Nc4ccc(-n5cc[n+](C)c5)cc4)CC(C(=O)Nc4ccc(-n5cc[n+](C)c5)cc4)C3)cc2)c1. The molecule has 1 aliphatic carbocycles. The molecule has 3 aromatic carbocycles. The van der Waals surface area contributed by atoms with Gasteiger partial charge in [0.25, 0.3) is 0 Å². The number of Topliss-reactive ketones (excluding diaryl/α,β-unsaturated/α-hetero) is 1. The molecule has 1 aliphatic rings. The third-order valence-electron chi connectivity index (χ3n) is 9.69. The number of carbonyl (C=O) groups is 3. The zero-order valence-electron chi connectivity index (χ0n) is 29.1. The lowest BCUT2D eigenvalue weighted by atomic mass is 9.72. The van der Waals surface area contributed by atoms with Gasteiger partial charge in [-0.25, -0.2) is 27.4 Å². The summed E-state index contributed by atoms with van der Waals surface area (Å²) in [6.45, 7) is 0. The lowest BCUT2D eigenvalue weighted by molar-refractivity contribution is -0.670. The Hall–Kier alpha value is -6.10. The van der Waals surface area contributed by atoms with Crippen molar-refractivity contribution in [3.05, 3.63) is 135 Å². The van der Waals surface area contributed by atoms with Crippen molar-refractivity contribution in [3.8, 4) is 17.1 Å². The maximum atomic E-state index is 13.8. The molecule has 0 spiro atoms. The fraction of sp³-hybridized carbons (Fsp3) is 0.250. The summed E-state index contributed by atoms with van der Waals surface area (Å²) in [6, 6.07) is 23.2. The number of ketones is 1. The molecule has 3 aromatic heterocycles. The maximum Gasteiger partial charge on any atom is 0.248 e. The minimum absolute atomic E-state index is 0.0406. The minimum atomic E-state index is -0.500. The third kappa shape index (κ3) is 7.88. The van der Waals surface area contributed by atoms with Gasteiger partial charge in [0.05, 0.1) is 21.1 Å². The first-order valence-electron chi connectivity index (χ1n) is 17.2. The van der Waals surface area contributed by atoms with Gasteiger partial charge in [0.1, 0.15) is 60.0 Å². The molecule has 0 bridgehead atoms. The summed E-state index contributed by atoms with van der Waals surface area (Å²) in [5.74, 6) is -1.75. The van der Waals surface area contributed by atoms with Crippen molar-refractivity contribution in [1.29, 1.82) is 0 Å². The molecule has 1 saturated carbocycles. The van der Waals surface area contributed by atoms with Gasteiger partial charge in [0.2, 0.25) is 30.8 Å². The Morgan fingerprint density at radius 2 is 0.902 bits per heavy atom. The van der Waals surface area contributed by atoms with E-state index in [9.17, 15) is 14.4 Å². The molecule has 258 valence electrons. The van der Waals surface area contributed by atoms with Gasteiger partial charge in [0.15, 0.2) is 0 Å². The van der Waals surface area contributed by atoms with Crippen molar-refractivity contribution in [2.75, 3.05) is 10.6 Å². The molecular formula is C40H43N8O3+3. The van der Waals surface area contributed by atoms with Crippen LogP contribution < -0.4 is 24.3 Å². The van der Waals surface area contributed by atoms with Crippen LogP contribution in [0, 0.1) is 17.8 Å². The average Bonchev–Trinajstić information content (AvgIpc) is 3.90. The number of nitrogens with zero attached hydrogens (tertiary/aromatic N) is 6. The van der Waals surface area contributed by atoms with Crippen LogP contribution in [0.1, 0.15) is 24.8 Å². The first-order chi connectivity index (χ1) is 24.7. The number of carbonyl (C=O) groups excluding carboxylic acids is 3. The van der Waals surface area contributed by atoms with Gasteiger partial charge in [0, 0.05) is 35.5 Å². The Bertz CT molecular complexity index is 1910. The average molecular weight is 684 g/mol. The molecule has 6 aromatic rings. The van der Waals surface area contributed by atoms with Crippen molar-refractivity contribution in [2.24, 2.45) is 38.9 Å². The van der Waals surface area contributed by atoms with Crippen LogP contribution in [0.3, 0.4) is 0 Å². The number of amides is 2. The first kappa shape index (κ1) is 33.4. The van der Waals surface area contributed by atoms with Crippen LogP contribution in [0.4, 0.5) is 11.4 Å². The van der Waals surface area contributed by atoms with Crippen molar-refractivity contribution in [1.82, 2.24) is 13.7 Å². The van der Waals surface area contributed by atoms with E-state index in [4.69, 9.17) is 0 Å². The fourth-order valence-electron chi connectivity index (χ4n) is 6.87. The molecule has 7 rings (SSSR count). The summed E-state index contributed by atoms with van der Waals surface area (Å²) in [5, 5.41) is 6.11. The number of aryl methyl sites for hydroxylation is 3. The Labute approximate surface area is 297 Å². The van der Waals surface area contributed by atoms with E-state index in [-0.39, 0.29) is 24.0 Å². The van der Waals surface area contributed by atoms with Crippen molar-refractivity contribution < 1.29 is 28.1 Å². The largest absolute Gasteiger partial charge is 0.326 e. The van der Waals surface area contributed by atoms with E-state index in [0.717, 1.165) is 22.6 Å². The standard InChI is InChI=1S/C40H41N8O3/c1-43-16-19-46(26-43)35-10-4-29(5-11-35)22-38(49)30-23-31(39(50)41-33-6-12-36(13-7-33)47-20-17-44(2)27-47)25-32(24-30)40(51)42-34-8-14-37(15-9-34)48-21-18-45(3)28-48/h4-21,26-28,30-32H,22-25H2,1-3H3/q+1/p+2. The van der Waals surface area contributed by atoms with Crippen LogP contribution in [0.25, 0.3) is 17.1 Å². The predicted octanol–water partition coefficient (Wildman–Crippen LogP) is 3.95. The monoisotopic (exact) mass is 683 g/mol. The summed E-state index contributed by atoms with van der Waals surface area (Å²) >= 11 is 0. The van der Waals surface area contributed by atoms with E-state index in [1.54, 1.807) is 0 Å². The molecule has 1 fully saturated rings. The van der Waals surface area contributed by atoms with E-state index < -0.39 is 17.8 Å². The van der Waals surface area contributed by atoms with Gasteiger partial charge in [-0.3, -0.25) is 14.4 Å².